The van der Waals surface area contributed by atoms with Gasteiger partial charge in [0, 0.05) is 5.56 Å². The van der Waals surface area contributed by atoms with E-state index >= 15 is 0 Å². The highest BCUT2D eigenvalue weighted by atomic mass is 32.2. The first kappa shape index (κ1) is 11.9. The molecule has 0 unspecified atom stereocenters. The third-order valence-electron chi connectivity index (χ3n) is 2.76. The molecule has 1 aromatic heterocycles. The molecule has 1 aliphatic rings. The van der Waals surface area contributed by atoms with Crippen molar-refractivity contribution in [2.75, 3.05) is 7.11 Å². The highest BCUT2D eigenvalue weighted by Gasteiger charge is 2.25. The van der Waals surface area contributed by atoms with Gasteiger partial charge in [0.1, 0.15) is 11.3 Å². The first-order valence-corrected chi connectivity index (χ1v) is 6.30. The van der Waals surface area contributed by atoms with E-state index in [0.29, 0.717) is 16.2 Å². The number of nitrogens with one attached hydrogen (secondary N) is 1. The lowest BCUT2D eigenvalue weighted by Gasteiger charge is -2.03. The molecule has 0 bridgehead atoms. The predicted molar refractivity (Wildman–Crippen MR) is 71.9 cm³/mol. The molecule has 2 amide bonds. The van der Waals surface area contributed by atoms with Crippen molar-refractivity contribution < 1.29 is 18.7 Å². The van der Waals surface area contributed by atoms with Crippen LogP contribution in [0.15, 0.2) is 33.8 Å². The van der Waals surface area contributed by atoms with Gasteiger partial charge >= 0.3 is 0 Å². The van der Waals surface area contributed by atoms with Gasteiger partial charge in [-0.05, 0) is 36.0 Å². The number of rotatable bonds is 2. The SMILES string of the molecule is COc1ccc(/C=C2/SC(=O)NC2=O)c2occc12. The van der Waals surface area contributed by atoms with Gasteiger partial charge < -0.3 is 9.15 Å². The number of methoxy groups -OCH3 is 1. The first-order valence-electron chi connectivity index (χ1n) is 5.48. The largest absolute Gasteiger partial charge is 0.496 e. The van der Waals surface area contributed by atoms with E-state index < -0.39 is 0 Å². The first-order chi connectivity index (χ1) is 9.19. The second-order valence-corrected chi connectivity index (χ2v) is 4.89. The lowest BCUT2D eigenvalue weighted by atomic mass is 10.1. The molecule has 1 saturated heterocycles. The fraction of sp³-hybridized carbons (Fsp3) is 0.0769. The number of furan rings is 1. The summed E-state index contributed by atoms with van der Waals surface area (Å²) >= 11 is 0.878. The topological polar surface area (TPSA) is 68.5 Å². The maximum absolute atomic E-state index is 11.5. The van der Waals surface area contributed by atoms with Gasteiger partial charge in [0.15, 0.2) is 0 Å². The monoisotopic (exact) mass is 275 g/mol. The van der Waals surface area contributed by atoms with Crippen LogP contribution in [0.1, 0.15) is 5.56 Å². The number of ether oxygens (including phenoxy) is 1. The van der Waals surface area contributed by atoms with Crippen LogP contribution < -0.4 is 10.1 Å². The van der Waals surface area contributed by atoms with Crippen molar-refractivity contribution in [3.8, 4) is 5.75 Å². The van der Waals surface area contributed by atoms with Crippen molar-refractivity contribution in [3.63, 3.8) is 0 Å². The highest BCUT2D eigenvalue weighted by Crippen LogP contribution is 2.33. The number of amides is 2. The normalized spacial score (nSPS) is 17.2. The van der Waals surface area contributed by atoms with E-state index in [9.17, 15) is 9.59 Å². The zero-order chi connectivity index (χ0) is 13.4. The Bertz CT molecular complexity index is 717. The third-order valence-corrected chi connectivity index (χ3v) is 3.57. The maximum Gasteiger partial charge on any atom is 0.290 e. The fourth-order valence-electron chi connectivity index (χ4n) is 1.91. The number of carbonyl (C=O) groups excluding carboxylic acids is 2. The molecule has 2 aromatic rings. The number of benzene rings is 1. The molecule has 19 heavy (non-hydrogen) atoms. The standard InChI is InChI=1S/C13H9NO4S/c1-17-9-3-2-7(11-8(9)4-5-18-11)6-10-12(15)14-13(16)19-10/h2-6H,1H3,(H,14,15,16)/b10-6+. The van der Waals surface area contributed by atoms with Crippen LogP contribution in [0.2, 0.25) is 0 Å². The van der Waals surface area contributed by atoms with Gasteiger partial charge in [-0.15, -0.1) is 0 Å². The molecule has 0 spiro atoms. The number of fused-ring (bicyclic) bond motifs is 1. The second kappa shape index (κ2) is 4.47. The third kappa shape index (κ3) is 2.00. The van der Waals surface area contributed by atoms with Gasteiger partial charge in [0.05, 0.1) is 23.7 Å². The van der Waals surface area contributed by atoms with E-state index in [4.69, 9.17) is 9.15 Å². The van der Waals surface area contributed by atoms with Gasteiger partial charge in [0.2, 0.25) is 0 Å². The summed E-state index contributed by atoms with van der Waals surface area (Å²) in [6.07, 6.45) is 3.19. The van der Waals surface area contributed by atoms with Crippen molar-refractivity contribution in [3.05, 3.63) is 34.9 Å². The van der Waals surface area contributed by atoms with Gasteiger partial charge in [-0.25, -0.2) is 0 Å². The quantitative estimate of drug-likeness (QED) is 0.853. The van der Waals surface area contributed by atoms with Crippen LogP contribution in [0.3, 0.4) is 0 Å². The molecule has 1 N–H and O–H groups in total. The summed E-state index contributed by atoms with van der Waals surface area (Å²) in [5, 5.41) is 2.68. The van der Waals surface area contributed by atoms with E-state index in [1.165, 1.54) is 0 Å². The summed E-state index contributed by atoms with van der Waals surface area (Å²) in [6, 6.07) is 5.38. The Labute approximate surface area is 112 Å². The summed E-state index contributed by atoms with van der Waals surface area (Å²) in [7, 11) is 1.58. The minimum atomic E-state index is -0.384. The molecular weight excluding hydrogens is 266 g/mol. The van der Waals surface area contributed by atoms with Crippen molar-refractivity contribution in [1.29, 1.82) is 0 Å². The molecular formula is C13H9NO4S. The second-order valence-electron chi connectivity index (χ2n) is 3.87. The lowest BCUT2D eigenvalue weighted by Crippen LogP contribution is -2.17. The smallest absolute Gasteiger partial charge is 0.290 e. The zero-order valence-electron chi connectivity index (χ0n) is 9.93. The van der Waals surface area contributed by atoms with Crippen LogP contribution in [0.5, 0.6) is 5.75 Å². The van der Waals surface area contributed by atoms with Crippen LogP contribution in [0, 0.1) is 0 Å². The van der Waals surface area contributed by atoms with Crippen LogP contribution in [-0.2, 0) is 4.79 Å². The van der Waals surface area contributed by atoms with Crippen molar-refractivity contribution in [1.82, 2.24) is 5.32 Å². The minimum Gasteiger partial charge on any atom is -0.496 e. The molecule has 96 valence electrons. The summed E-state index contributed by atoms with van der Waals surface area (Å²) in [4.78, 5) is 23.0. The Balaban J connectivity index is 2.12. The molecule has 1 aliphatic heterocycles. The Morgan fingerprint density at radius 2 is 2.16 bits per heavy atom. The number of imide groups is 1. The molecule has 2 heterocycles. The molecule has 0 radical (unpaired) electrons. The Kier molecular flexibility index (Phi) is 2.79. The molecule has 3 rings (SSSR count). The molecule has 1 fully saturated rings. The number of thioether (sulfide) groups is 1. The Hall–Kier alpha value is -2.21. The van der Waals surface area contributed by atoms with Crippen molar-refractivity contribution in [2.45, 2.75) is 0 Å². The van der Waals surface area contributed by atoms with Crippen LogP contribution in [-0.4, -0.2) is 18.3 Å². The fourth-order valence-corrected chi connectivity index (χ4v) is 2.58. The van der Waals surface area contributed by atoms with Gasteiger partial charge in [-0.2, -0.15) is 0 Å². The van der Waals surface area contributed by atoms with E-state index in [0.717, 1.165) is 22.7 Å². The molecule has 0 atom stereocenters. The average molecular weight is 275 g/mol. The number of hydrogen-bond donors (Lipinski definition) is 1. The van der Waals surface area contributed by atoms with Gasteiger partial charge in [-0.3, -0.25) is 14.9 Å². The average Bonchev–Trinajstić information content (AvgIpc) is 2.97. The summed E-state index contributed by atoms with van der Waals surface area (Å²) in [5.74, 6) is 0.316. The zero-order valence-corrected chi connectivity index (χ0v) is 10.7. The highest BCUT2D eigenvalue weighted by molar-refractivity contribution is 8.18. The van der Waals surface area contributed by atoms with Crippen molar-refractivity contribution >= 4 is 40.0 Å². The van der Waals surface area contributed by atoms with E-state index in [2.05, 4.69) is 5.32 Å². The molecule has 1 aromatic carbocycles. The molecule has 0 aliphatic carbocycles. The van der Waals surface area contributed by atoms with Gasteiger partial charge in [0.25, 0.3) is 11.1 Å². The lowest BCUT2D eigenvalue weighted by molar-refractivity contribution is -0.115. The van der Waals surface area contributed by atoms with Crippen LogP contribution >= 0.6 is 11.8 Å². The van der Waals surface area contributed by atoms with Crippen molar-refractivity contribution in [2.24, 2.45) is 0 Å². The van der Waals surface area contributed by atoms with E-state index in [1.807, 2.05) is 0 Å². The molecule has 0 saturated carbocycles. The van der Waals surface area contributed by atoms with Crippen LogP contribution in [0.25, 0.3) is 17.0 Å². The maximum atomic E-state index is 11.5. The molecule has 5 nitrogen and oxygen atoms in total. The molecule has 6 heteroatoms. The number of carbonyl (C=O) groups is 2. The predicted octanol–water partition coefficient (Wildman–Crippen LogP) is 2.77. The van der Waals surface area contributed by atoms with Crippen LogP contribution in [0.4, 0.5) is 4.79 Å². The summed E-state index contributed by atoms with van der Waals surface area (Å²) in [6.45, 7) is 0. The summed E-state index contributed by atoms with van der Waals surface area (Å²) < 4.78 is 10.6. The van der Waals surface area contributed by atoms with E-state index in [1.54, 1.807) is 37.6 Å². The van der Waals surface area contributed by atoms with Gasteiger partial charge in [-0.1, -0.05) is 0 Å². The van der Waals surface area contributed by atoms with E-state index in [-0.39, 0.29) is 11.1 Å². The number of hydrogen-bond acceptors (Lipinski definition) is 5. The summed E-state index contributed by atoms with van der Waals surface area (Å²) in [5.41, 5.74) is 1.35. The Morgan fingerprint density at radius 1 is 1.32 bits per heavy atom. The minimum absolute atomic E-state index is 0.355. The Morgan fingerprint density at radius 3 is 2.84 bits per heavy atom.